The van der Waals surface area contributed by atoms with Crippen molar-refractivity contribution in [1.82, 2.24) is 0 Å². The first-order valence-corrected chi connectivity index (χ1v) is 7.41. The predicted molar refractivity (Wildman–Crippen MR) is 70.5 cm³/mol. The number of hydrogen-bond donors (Lipinski definition) is 0. The molecule has 0 aliphatic carbocycles. The van der Waals surface area contributed by atoms with Crippen LogP contribution in [-0.4, -0.2) is 13.0 Å². The van der Waals surface area contributed by atoms with Crippen molar-refractivity contribution in [3.8, 4) is 0 Å². The minimum Gasteiger partial charge on any atom is -0.744 e. The molecule has 0 heterocycles. The van der Waals surface area contributed by atoms with Crippen LogP contribution < -0.4 is 51.4 Å². The quantitative estimate of drug-likeness (QED) is 0.594. The number of fused-ring (bicyclic) bond motifs is 1. The van der Waals surface area contributed by atoms with Crippen LogP contribution in [0.4, 0.5) is 0 Å². The number of unbranched alkanes of at least 4 members (excludes halogenated alkanes) is 1. The van der Waals surface area contributed by atoms with E-state index in [1.54, 1.807) is 18.2 Å². The van der Waals surface area contributed by atoms with E-state index in [0.29, 0.717) is 5.39 Å². The zero-order valence-corrected chi connectivity index (χ0v) is 15.2. The summed E-state index contributed by atoms with van der Waals surface area (Å²) in [5.41, 5.74) is 1.10. The first-order chi connectivity index (χ1) is 8.54. The summed E-state index contributed by atoms with van der Waals surface area (Å²) < 4.78 is 33.6. The summed E-state index contributed by atoms with van der Waals surface area (Å²) in [7, 11) is -4.42. The Hall–Kier alpha value is 0.246. The Balaban J connectivity index is 0.00000180. The monoisotopic (exact) mass is 302 g/mol. The summed E-state index contributed by atoms with van der Waals surface area (Å²) in [6.45, 7) is 2.11. The van der Waals surface area contributed by atoms with Gasteiger partial charge in [0.05, 0.1) is 4.90 Å². The van der Waals surface area contributed by atoms with Crippen molar-refractivity contribution in [3.63, 3.8) is 0 Å². The third-order valence-corrected chi connectivity index (χ3v) is 3.94. The maximum atomic E-state index is 11.2. The normalized spacial score (nSPS) is 11.3. The van der Waals surface area contributed by atoms with Gasteiger partial charge in [0, 0.05) is 0 Å². The van der Waals surface area contributed by atoms with Crippen LogP contribution in [0.3, 0.4) is 0 Å². The van der Waals surface area contributed by atoms with Gasteiger partial charge in [-0.2, -0.15) is 0 Å². The van der Waals surface area contributed by atoms with Gasteiger partial charge in [-0.1, -0.05) is 43.7 Å². The van der Waals surface area contributed by atoms with E-state index in [9.17, 15) is 13.0 Å². The van der Waals surface area contributed by atoms with Crippen LogP contribution in [0.1, 0.15) is 25.3 Å². The molecule has 0 saturated carbocycles. The molecule has 0 spiro atoms. The Morgan fingerprint density at radius 1 is 1.05 bits per heavy atom. The van der Waals surface area contributed by atoms with Gasteiger partial charge in [-0.15, -0.1) is 0 Å². The molecular formula is C14H15KO3S. The summed E-state index contributed by atoms with van der Waals surface area (Å²) in [5, 5.41) is 1.39. The molecule has 0 aromatic heterocycles. The molecule has 0 N–H and O–H groups in total. The van der Waals surface area contributed by atoms with Gasteiger partial charge in [-0.3, -0.25) is 0 Å². The number of benzene rings is 2. The third-order valence-electron chi connectivity index (χ3n) is 3.04. The standard InChI is InChI=1S/C14H16O3S.K/c1-2-3-6-11-9-10-14(18(15,16)17)13-8-5-4-7-12(11)13;/h4-5,7-10H,2-3,6H2,1H3,(H,15,16,17);/q;+1/p-1. The largest absolute Gasteiger partial charge is 1.00 e. The van der Waals surface area contributed by atoms with Gasteiger partial charge in [0.2, 0.25) is 0 Å². The molecule has 0 amide bonds. The molecule has 2 aromatic carbocycles. The molecule has 2 aromatic rings. The van der Waals surface area contributed by atoms with Gasteiger partial charge in [0.25, 0.3) is 0 Å². The smallest absolute Gasteiger partial charge is 0.744 e. The van der Waals surface area contributed by atoms with E-state index < -0.39 is 10.1 Å². The van der Waals surface area contributed by atoms with Crippen LogP contribution in [0.25, 0.3) is 10.8 Å². The van der Waals surface area contributed by atoms with E-state index >= 15 is 0 Å². The zero-order chi connectivity index (χ0) is 13.2. The Labute approximate surface area is 156 Å². The van der Waals surface area contributed by atoms with Crippen molar-refractivity contribution in [2.45, 2.75) is 31.1 Å². The van der Waals surface area contributed by atoms with Crippen LogP contribution in [0.5, 0.6) is 0 Å². The fourth-order valence-corrected chi connectivity index (χ4v) is 2.82. The van der Waals surface area contributed by atoms with Crippen molar-refractivity contribution in [2.75, 3.05) is 0 Å². The molecule has 0 atom stereocenters. The molecule has 2 rings (SSSR count). The molecule has 0 bridgehead atoms. The maximum absolute atomic E-state index is 11.2. The van der Waals surface area contributed by atoms with Crippen LogP contribution in [0.2, 0.25) is 0 Å². The fourth-order valence-electron chi connectivity index (χ4n) is 2.14. The summed E-state index contributed by atoms with van der Waals surface area (Å²) in [6.07, 6.45) is 3.03. The minimum absolute atomic E-state index is 0. The van der Waals surface area contributed by atoms with Crippen molar-refractivity contribution in [2.24, 2.45) is 0 Å². The average Bonchev–Trinajstić information content (AvgIpc) is 2.34. The first kappa shape index (κ1) is 17.3. The number of aryl methyl sites for hydroxylation is 1. The molecule has 0 unspecified atom stereocenters. The predicted octanol–water partition coefficient (Wildman–Crippen LogP) is 0.0905. The molecule has 0 aliphatic rings. The van der Waals surface area contributed by atoms with Gasteiger partial charge in [0.1, 0.15) is 10.1 Å². The van der Waals surface area contributed by atoms with Crippen LogP contribution >= 0.6 is 0 Å². The van der Waals surface area contributed by atoms with Crippen LogP contribution in [-0.2, 0) is 16.5 Å². The molecular weight excluding hydrogens is 287 g/mol. The number of hydrogen-bond acceptors (Lipinski definition) is 3. The van der Waals surface area contributed by atoms with E-state index in [1.165, 1.54) is 6.07 Å². The van der Waals surface area contributed by atoms with Crippen molar-refractivity contribution < 1.29 is 64.4 Å². The summed E-state index contributed by atoms with van der Waals surface area (Å²) in [4.78, 5) is -0.127. The Bertz CT molecular complexity index is 665. The van der Waals surface area contributed by atoms with E-state index in [0.717, 1.165) is 30.2 Å². The van der Waals surface area contributed by atoms with Gasteiger partial charge in [0.15, 0.2) is 0 Å². The number of rotatable bonds is 4. The van der Waals surface area contributed by atoms with Gasteiger partial charge in [-0.25, -0.2) is 8.42 Å². The molecule has 19 heavy (non-hydrogen) atoms. The molecule has 0 radical (unpaired) electrons. The van der Waals surface area contributed by atoms with Gasteiger partial charge in [-0.05, 0) is 35.2 Å². The second-order valence-corrected chi connectivity index (χ2v) is 5.67. The first-order valence-electron chi connectivity index (χ1n) is 6.00. The van der Waals surface area contributed by atoms with Crippen molar-refractivity contribution >= 4 is 20.9 Å². The molecule has 0 fully saturated rings. The van der Waals surface area contributed by atoms with Gasteiger partial charge < -0.3 is 4.55 Å². The van der Waals surface area contributed by atoms with Crippen molar-refractivity contribution in [3.05, 3.63) is 42.0 Å². The molecule has 96 valence electrons. The van der Waals surface area contributed by atoms with E-state index in [1.807, 2.05) is 12.1 Å². The Morgan fingerprint density at radius 3 is 2.26 bits per heavy atom. The van der Waals surface area contributed by atoms with E-state index in [-0.39, 0.29) is 56.3 Å². The summed E-state index contributed by atoms with van der Waals surface area (Å²) in [6, 6.07) is 10.3. The average molecular weight is 302 g/mol. The topological polar surface area (TPSA) is 57.2 Å². The van der Waals surface area contributed by atoms with E-state index in [4.69, 9.17) is 0 Å². The van der Waals surface area contributed by atoms with E-state index in [2.05, 4.69) is 6.92 Å². The van der Waals surface area contributed by atoms with Crippen LogP contribution in [0, 0.1) is 0 Å². The fraction of sp³-hybridized carbons (Fsp3) is 0.286. The second kappa shape index (κ2) is 7.31. The van der Waals surface area contributed by atoms with Gasteiger partial charge >= 0.3 is 51.4 Å². The molecule has 0 aliphatic heterocycles. The van der Waals surface area contributed by atoms with Crippen LogP contribution in [0.15, 0.2) is 41.3 Å². The molecule has 5 heteroatoms. The third kappa shape index (κ3) is 4.11. The molecule has 0 saturated heterocycles. The SMILES string of the molecule is CCCCc1ccc(S(=O)(=O)[O-])c2ccccc12.[K+]. The van der Waals surface area contributed by atoms with Crippen molar-refractivity contribution in [1.29, 1.82) is 0 Å². The minimum atomic E-state index is -4.42. The summed E-state index contributed by atoms with van der Waals surface area (Å²) in [5.74, 6) is 0. The second-order valence-electron chi connectivity index (χ2n) is 4.33. The Kier molecular flexibility index (Phi) is 6.66. The molecule has 3 nitrogen and oxygen atoms in total. The Morgan fingerprint density at radius 2 is 1.68 bits per heavy atom. The zero-order valence-electron chi connectivity index (χ0n) is 11.2. The summed E-state index contributed by atoms with van der Waals surface area (Å²) >= 11 is 0. The maximum Gasteiger partial charge on any atom is 1.00 e.